The standard InChI is InChI=1S/C17H15N3O4/c1-10-8-15(22)24-16-11(2)13(5-4-12(10)16)23-9-14(21)20-17-18-6-3-7-19-17/h3-8H,9H2,1-2H3,(H,18,19,20,21). The molecule has 24 heavy (non-hydrogen) atoms. The minimum atomic E-state index is -0.417. The second-order valence-electron chi connectivity index (χ2n) is 5.22. The van der Waals surface area contributed by atoms with Crippen LogP contribution in [0.15, 0.2) is 45.9 Å². The van der Waals surface area contributed by atoms with Crippen LogP contribution in [-0.2, 0) is 4.79 Å². The third-order valence-corrected chi connectivity index (χ3v) is 3.49. The summed E-state index contributed by atoms with van der Waals surface area (Å²) in [6, 6.07) is 6.64. The van der Waals surface area contributed by atoms with Crippen molar-refractivity contribution in [1.29, 1.82) is 0 Å². The molecule has 0 spiro atoms. The fourth-order valence-electron chi connectivity index (χ4n) is 2.32. The summed E-state index contributed by atoms with van der Waals surface area (Å²) in [5, 5.41) is 3.36. The Hall–Kier alpha value is -3.22. The molecule has 1 aromatic carbocycles. The third kappa shape index (κ3) is 3.24. The molecule has 0 aliphatic carbocycles. The number of carbonyl (C=O) groups excluding carboxylic acids is 1. The van der Waals surface area contributed by atoms with Crippen molar-refractivity contribution in [3.63, 3.8) is 0 Å². The van der Waals surface area contributed by atoms with E-state index in [0.29, 0.717) is 16.9 Å². The second-order valence-corrected chi connectivity index (χ2v) is 5.22. The highest BCUT2D eigenvalue weighted by molar-refractivity contribution is 5.90. The van der Waals surface area contributed by atoms with E-state index in [4.69, 9.17) is 9.15 Å². The van der Waals surface area contributed by atoms with E-state index in [-0.39, 0.29) is 18.5 Å². The first kappa shape index (κ1) is 15.7. The van der Waals surface area contributed by atoms with Crippen LogP contribution in [0.4, 0.5) is 5.95 Å². The predicted molar refractivity (Wildman–Crippen MR) is 88.1 cm³/mol. The second kappa shape index (κ2) is 6.49. The van der Waals surface area contributed by atoms with Gasteiger partial charge in [-0.15, -0.1) is 0 Å². The van der Waals surface area contributed by atoms with Crippen LogP contribution in [0.2, 0.25) is 0 Å². The molecule has 0 aliphatic heterocycles. The molecule has 1 N–H and O–H groups in total. The number of hydrogen-bond acceptors (Lipinski definition) is 6. The summed E-state index contributed by atoms with van der Waals surface area (Å²) in [4.78, 5) is 31.2. The van der Waals surface area contributed by atoms with Gasteiger partial charge in [0.1, 0.15) is 11.3 Å². The first-order valence-corrected chi connectivity index (χ1v) is 7.28. The van der Waals surface area contributed by atoms with E-state index in [1.807, 2.05) is 6.92 Å². The molecule has 0 unspecified atom stereocenters. The number of carbonyl (C=O) groups is 1. The topological polar surface area (TPSA) is 94.3 Å². The number of ether oxygens (including phenoxy) is 1. The fraction of sp³-hybridized carbons (Fsp3) is 0.176. The van der Waals surface area contributed by atoms with Gasteiger partial charge in [-0.3, -0.25) is 10.1 Å². The number of nitrogens with zero attached hydrogens (tertiary/aromatic N) is 2. The number of benzene rings is 1. The van der Waals surface area contributed by atoms with Gasteiger partial charge in [-0.1, -0.05) is 0 Å². The average Bonchev–Trinajstić information content (AvgIpc) is 2.56. The number of aromatic nitrogens is 2. The summed E-state index contributed by atoms with van der Waals surface area (Å²) in [6.07, 6.45) is 3.06. The highest BCUT2D eigenvalue weighted by Crippen LogP contribution is 2.28. The predicted octanol–water partition coefficient (Wildman–Crippen LogP) is 2.22. The van der Waals surface area contributed by atoms with Crippen molar-refractivity contribution in [2.45, 2.75) is 13.8 Å². The highest BCUT2D eigenvalue weighted by Gasteiger charge is 2.12. The van der Waals surface area contributed by atoms with Crippen LogP contribution >= 0.6 is 0 Å². The summed E-state index contributed by atoms with van der Waals surface area (Å²) < 4.78 is 10.8. The van der Waals surface area contributed by atoms with Gasteiger partial charge in [0.05, 0.1) is 0 Å². The summed E-state index contributed by atoms with van der Waals surface area (Å²) >= 11 is 0. The lowest BCUT2D eigenvalue weighted by Crippen LogP contribution is -2.21. The largest absolute Gasteiger partial charge is 0.483 e. The molecule has 0 radical (unpaired) electrons. The molecule has 3 rings (SSSR count). The van der Waals surface area contributed by atoms with Gasteiger partial charge in [-0.2, -0.15) is 0 Å². The number of fused-ring (bicyclic) bond motifs is 1. The minimum absolute atomic E-state index is 0.208. The van der Waals surface area contributed by atoms with E-state index in [1.165, 1.54) is 18.5 Å². The van der Waals surface area contributed by atoms with Crippen molar-refractivity contribution in [3.8, 4) is 5.75 Å². The zero-order chi connectivity index (χ0) is 17.1. The molecule has 0 bridgehead atoms. The number of anilines is 1. The van der Waals surface area contributed by atoms with E-state index >= 15 is 0 Å². The Balaban J connectivity index is 1.77. The smallest absolute Gasteiger partial charge is 0.336 e. The quantitative estimate of drug-likeness (QED) is 0.739. The van der Waals surface area contributed by atoms with E-state index in [1.54, 1.807) is 25.1 Å². The van der Waals surface area contributed by atoms with E-state index < -0.39 is 5.63 Å². The van der Waals surface area contributed by atoms with Gasteiger partial charge in [-0.05, 0) is 37.6 Å². The molecule has 2 heterocycles. The maximum atomic E-state index is 11.9. The molecule has 0 atom stereocenters. The number of aryl methyl sites for hydroxylation is 2. The molecule has 122 valence electrons. The lowest BCUT2D eigenvalue weighted by Gasteiger charge is -2.11. The van der Waals surface area contributed by atoms with E-state index in [0.717, 1.165) is 10.9 Å². The van der Waals surface area contributed by atoms with Crippen molar-refractivity contribution in [3.05, 3.63) is 58.2 Å². The van der Waals surface area contributed by atoms with Crippen molar-refractivity contribution >= 4 is 22.8 Å². The molecule has 0 saturated carbocycles. The van der Waals surface area contributed by atoms with Crippen LogP contribution in [0.3, 0.4) is 0 Å². The van der Waals surface area contributed by atoms with Crippen LogP contribution in [0.1, 0.15) is 11.1 Å². The first-order valence-electron chi connectivity index (χ1n) is 7.28. The van der Waals surface area contributed by atoms with Crippen LogP contribution in [0.5, 0.6) is 5.75 Å². The summed E-state index contributed by atoms with van der Waals surface area (Å²) in [7, 11) is 0. The average molecular weight is 325 g/mol. The SMILES string of the molecule is Cc1cc(=O)oc2c(C)c(OCC(=O)Nc3ncccn3)ccc12. The monoisotopic (exact) mass is 325 g/mol. The van der Waals surface area contributed by atoms with Gasteiger partial charge in [0.2, 0.25) is 5.95 Å². The van der Waals surface area contributed by atoms with Gasteiger partial charge in [0.25, 0.3) is 5.91 Å². The van der Waals surface area contributed by atoms with Crippen LogP contribution in [-0.4, -0.2) is 22.5 Å². The number of amides is 1. The molecule has 7 nitrogen and oxygen atoms in total. The zero-order valence-electron chi connectivity index (χ0n) is 13.2. The summed E-state index contributed by atoms with van der Waals surface area (Å²) in [6.45, 7) is 3.41. The Morgan fingerprint density at radius 2 is 2.00 bits per heavy atom. The van der Waals surface area contributed by atoms with Crippen LogP contribution in [0.25, 0.3) is 11.0 Å². The minimum Gasteiger partial charge on any atom is -0.483 e. The summed E-state index contributed by atoms with van der Waals surface area (Å²) in [5.41, 5.74) is 1.54. The van der Waals surface area contributed by atoms with Crippen molar-refractivity contribution < 1.29 is 13.9 Å². The lowest BCUT2D eigenvalue weighted by molar-refractivity contribution is -0.118. The van der Waals surface area contributed by atoms with Gasteiger partial charge >= 0.3 is 5.63 Å². The zero-order valence-corrected chi connectivity index (χ0v) is 13.2. The molecule has 0 aliphatic rings. The lowest BCUT2D eigenvalue weighted by atomic mass is 10.1. The molecule has 7 heteroatoms. The molecular formula is C17H15N3O4. The maximum absolute atomic E-state index is 11.9. The van der Waals surface area contributed by atoms with E-state index in [9.17, 15) is 9.59 Å². The van der Waals surface area contributed by atoms with E-state index in [2.05, 4.69) is 15.3 Å². The Morgan fingerprint density at radius 1 is 1.25 bits per heavy atom. The highest BCUT2D eigenvalue weighted by atomic mass is 16.5. The van der Waals surface area contributed by atoms with Crippen molar-refractivity contribution in [2.75, 3.05) is 11.9 Å². The maximum Gasteiger partial charge on any atom is 0.336 e. The van der Waals surface area contributed by atoms with Gasteiger partial charge < -0.3 is 9.15 Å². The number of nitrogens with one attached hydrogen (secondary N) is 1. The molecule has 1 amide bonds. The fourth-order valence-corrected chi connectivity index (χ4v) is 2.32. The Bertz CT molecular complexity index is 951. The van der Waals surface area contributed by atoms with Gasteiger partial charge in [0, 0.05) is 29.4 Å². The summed E-state index contributed by atoms with van der Waals surface area (Å²) in [5.74, 6) is 0.301. The molecule has 3 aromatic rings. The normalized spacial score (nSPS) is 10.6. The van der Waals surface area contributed by atoms with Gasteiger partial charge in [-0.25, -0.2) is 14.8 Å². The molecule has 0 fully saturated rings. The van der Waals surface area contributed by atoms with Gasteiger partial charge in [0.15, 0.2) is 6.61 Å². The first-order chi connectivity index (χ1) is 11.5. The van der Waals surface area contributed by atoms with Crippen LogP contribution < -0.4 is 15.7 Å². The molecular weight excluding hydrogens is 310 g/mol. The van der Waals surface area contributed by atoms with Crippen molar-refractivity contribution in [1.82, 2.24) is 9.97 Å². The molecule has 2 aromatic heterocycles. The third-order valence-electron chi connectivity index (χ3n) is 3.49. The Labute approximate surface area is 137 Å². The Kier molecular flexibility index (Phi) is 4.24. The van der Waals surface area contributed by atoms with Crippen LogP contribution in [0, 0.1) is 13.8 Å². The Morgan fingerprint density at radius 3 is 2.75 bits per heavy atom. The number of rotatable bonds is 4. The van der Waals surface area contributed by atoms with Crippen molar-refractivity contribution in [2.24, 2.45) is 0 Å². The molecule has 0 saturated heterocycles. The number of hydrogen-bond donors (Lipinski definition) is 1.